The Morgan fingerprint density at radius 2 is 2.09 bits per heavy atom. The van der Waals surface area contributed by atoms with E-state index in [1.807, 2.05) is 0 Å². The summed E-state index contributed by atoms with van der Waals surface area (Å²) in [5, 5.41) is 2.93. The maximum Gasteiger partial charge on any atom is 0.223 e. The topological polar surface area (TPSA) is 55.1 Å². The normalized spacial score (nSPS) is 46.7. The molecule has 2 fully saturated rings. The molecule has 2 aliphatic rings. The zero-order valence-corrected chi connectivity index (χ0v) is 6.71. The monoisotopic (exact) mass is 154 g/mol. The van der Waals surface area contributed by atoms with Crippen LogP contribution < -0.4 is 11.1 Å². The van der Waals surface area contributed by atoms with Crippen molar-refractivity contribution in [3.8, 4) is 0 Å². The molecule has 0 spiro atoms. The summed E-state index contributed by atoms with van der Waals surface area (Å²) >= 11 is 0. The van der Waals surface area contributed by atoms with Crippen LogP contribution in [0, 0.1) is 11.8 Å². The molecule has 2 aliphatic carbocycles. The molecule has 0 aromatic heterocycles. The average Bonchev–Trinajstić information content (AvgIpc) is 2.76. The van der Waals surface area contributed by atoms with Crippen LogP contribution in [0.15, 0.2) is 0 Å². The van der Waals surface area contributed by atoms with Crippen molar-refractivity contribution in [2.75, 3.05) is 0 Å². The van der Waals surface area contributed by atoms with E-state index in [2.05, 4.69) is 12.2 Å². The highest BCUT2D eigenvalue weighted by molar-refractivity contribution is 5.82. The third-order valence-corrected chi connectivity index (χ3v) is 2.61. The summed E-state index contributed by atoms with van der Waals surface area (Å²) in [6.07, 6.45) is 2.03. The standard InChI is InChI=1S/C8H14N2O/c1-4-2-5(4)8(11)10-7-3-6(7)9/h4-7H,2-3,9H2,1H3,(H,10,11). The van der Waals surface area contributed by atoms with Gasteiger partial charge in [0.25, 0.3) is 0 Å². The lowest BCUT2D eigenvalue weighted by molar-refractivity contribution is -0.122. The van der Waals surface area contributed by atoms with Gasteiger partial charge in [0, 0.05) is 18.0 Å². The van der Waals surface area contributed by atoms with Gasteiger partial charge in [-0.1, -0.05) is 6.92 Å². The summed E-state index contributed by atoms with van der Waals surface area (Å²) in [5.41, 5.74) is 5.56. The fourth-order valence-corrected chi connectivity index (χ4v) is 1.36. The second kappa shape index (κ2) is 2.21. The Hall–Kier alpha value is -0.570. The van der Waals surface area contributed by atoms with Crippen molar-refractivity contribution in [3.05, 3.63) is 0 Å². The van der Waals surface area contributed by atoms with Crippen molar-refractivity contribution in [3.63, 3.8) is 0 Å². The number of nitrogens with one attached hydrogen (secondary N) is 1. The predicted octanol–water partition coefficient (Wildman–Crippen LogP) is -0.142. The van der Waals surface area contributed by atoms with Crippen molar-refractivity contribution in [2.24, 2.45) is 17.6 Å². The Balaban J connectivity index is 1.74. The first-order chi connectivity index (χ1) is 5.18. The van der Waals surface area contributed by atoms with Crippen LogP contribution in [-0.4, -0.2) is 18.0 Å². The van der Waals surface area contributed by atoms with Gasteiger partial charge in [-0.05, 0) is 18.8 Å². The van der Waals surface area contributed by atoms with Crippen LogP contribution in [0.4, 0.5) is 0 Å². The molecule has 11 heavy (non-hydrogen) atoms. The van der Waals surface area contributed by atoms with Gasteiger partial charge >= 0.3 is 0 Å². The van der Waals surface area contributed by atoms with E-state index >= 15 is 0 Å². The highest BCUT2D eigenvalue weighted by Crippen LogP contribution is 2.38. The Labute approximate surface area is 66.3 Å². The molecule has 0 saturated heterocycles. The molecule has 0 aromatic carbocycles. The van der Waals surface area contributed by atoms with Gasteiger partial charge in [-0.25, -0.2) is 0 Å². The molecule has 0 heterocycles. The van der Waals surface area contributed by atoms with Crippen LogP contribution in [0.3, 0.4) is 0 Å². The van der Waals surface area contributed by atoms with Crippen LogP contribution in [-0.2, 0) is 4.79 Å². The Morgan fingerprint density at radius 3 is 2.45 bits per heavy atom. The van der Waals surface area contributed by atoms with Crippen LogP contribution in [0.1, 0.15) is 19.8 Å². The second-order valence-electron chi connectivity index (χ2n) is 3.83. The molecular weight excluding hydrogens is 140 g/mol. The van der Waals surface area contributed by atoms with Crippen LogP contribution in [0.5, 0.6) is 0 Å². The van der Waals surface area contributed by atoms with E-state index in [1.165, 1.54) is 0 Å². The largest absolute Gasteiger partial charge is 0.352 e. The van der Waals surface area contributed by atoms with Gasteiger partial charge in [0.15, 0.2) is 0 Å². The third-order valence-electron chi connectivity index (χ3n) is 2.61. The quantitative estimate of drug-likeness (QED) is 0.581. The fraction of sp³-hybridized carbons (Fsp3) is 0.875. The minimum Gasteiger partial charge on any atom is -0.352 e. The average molecular weight is 154 g/mol. The molecule has 0 radical (unpaired) electrons. The Kier molecular flexibility index (Phi) is 1.42. The first-order valence-corrected chi connectivity index (χ1v) is 4.24. The number of nitrogens with two attached hydrogens (primary N) is 1. The minimum absolute atomic E-state index is 0.218. The molecule has 2 rings (SSSR count). The van der Waals surface area contributed by atoms with E-state index in [0.717, 1.165) is 12.8 Å². The Bertz CT molecular complexity index is 193. The molecule has 2 saturated carbocycles. The molecule has 1 amide bonds. The third kappa shape index (κ3) is 1.38. The Morgan fingerprint density at radius 1 is 1.55 bits per heavy atom. The van der Waals surface area contributed by atoms with Crippen LogP contribution in [0.25, 0.3) is 0 Å². The highest BCUT2D eigenvalue weighted by atomic mass is 16.2. The number of hydrogen-bond acceptors (Lipinski definition) is 2. The van der Waals surface area contributed by atoms with Crippen molar-refractivity contribution in [2.45, 2.75) is 31.8 Å². The fourth-order valence-electron chi connectivity index (χ4n) is 1.36. The van der Waals surface area contributed by atoms with E-state index in [-0.39, 0.29) is 18.0 Å². The number of rotatable bonds is 2. The zero-order valence-electron chi connectivity index (χ0n) is 6.71. The molecular formula is C8H14N2O. The van der Waals surface area contributed by atoms with Gasteiger partial charge in [0.05, 0.1) is 0 Å². The maximum absolute atomic E-state index is 11.2. The van der Waals surface area contributed by atoms with E-state index in [4.69, 9.17) is 5.73 Å². The van der Waals surface area contributed by atoms with Gasteiger partial charge < -0.3 is 11.1 Å². The molecule has 0 aliphatic heterocycles. The predicted molar refractivity (Wildman–Crippen MR) is 41.8 cm³/mol. The summed E-state index contributed by atoms with van der Waals surface area (Å²) in [5.74, 6) is 1.11. The van der Waals surface area contributed by atoms with Gasteiger partial charge in [-0.3, -0.25) is 4.79 Å². The smallest absolute Gasteiger partial charge is 0.223 e. The number of carbonyl (C=O) groups is 1. The summed E-state index contributed by atoms with van der Waals surface area (Å²) < 4.78 is 0. The van der Waals surface area contributed by atoms with E-state index in [9.17, 15) is 4.79 Å². The highest BCUT2D eigenvalue weighted by Gasteiger charge is 2.43. The van der Waals surface area contributed by atoms with Gasteiger partial charge in [-0.15, -0.1) is 0 Å². The lowest BCUT2D eigenvalue weighted by Gasteiger charge is -2.00. The van der Waals surface area contributed by atoms with Crippen molar-refractivity contribution in [1.29, 1.82) is 0 Å². The van der Waals surface area contributed by atoms with Gasteiger partial charge in [-0.2, -0.15) is 0 Å². The summed E-state index contributed by atoms with van der Waals surface area (Å²) in [7, 11) is 0. The molecule has 3 N–H and O–H groups in total. The van der Waals surface area contributed by atoms with E-state index in [0.29, 0.717) is 11.8 Å². The van der Waals surface area contributed by atoms with Crippen molar-refractivity contribution >= 4 is 5.91 Å². The lowest BCUT2D eigenvalue weighted by atomic mass is 10.3. The van der Waals surface area contributed by atoms with E-state index < -0.39 is 0 Å². The number of hydrogen-bond donors (Lipinski definition) is 2. The summed E-state index contributed by atoms with van der Waals surface area (Å²) in [4.78, 5) is 11.2. The molecule has 0 aromatic rings. The summed E-state index contributed by atoms with van der Waals surface area (Å²) in [6.45, 7) is 2.11. The molecule has 4 atom stereocenters. The molecule has 3 heteroatoms. The first-order valence-electron chi connectivity index (χ1n) is 4.24. The number of carbonyl (C=O) groups excluding carboxylic acids is 1. The lowest BCUT2D eigenvalue weighted by Crippen LogP contribution is -2.31. The zero-order chi connectivity index (χ0) is 8.01. The molecule has 62 valence electrons. The number of amides is 1. The summed E-state index contributed by atoms with van der Waals surface area (Å²) in [6, 6.07) is 0.517. The van der Waals surface area contributed by atoms with Crippen LogP contribution in [0.2, 0.25) is 0 Å². The second-order valence-corrected chi connectivity index (χ2v) is 3.83. The van der Waals surface area contributed by atoms with Crippen molar-refractivity contribution < 1.29 is 4.79 Å². The van der Waals surface area contributed by atoms with E-state index in [1.54, 1.807) is 0 Å². The van der Waals surface area contributed by atoms with Crippen molar-refractivity contribution in [1.82, 2.24) is 5.32 Å². The van der Waals surface area contributed by atoms with Gasteiger partial charge in [0.2, 0.25) is 5.91 Å². The van der Waals surface area contributed by atoms with Crippen LogP contribution >= 0.6 is 0 Å². The minimum atomic E-state index is 0.218. The first kappa shape index (κ1) is 7.10. The molecule has 4 unspecified atom stereocenters. The SMILES string of the molecule is CC1CC1C(=O)NC1CC1N. The van der Waals surface area contributed by atoms with Gasteiger partial charge in [0.1, 0.15) is 0 Å². The molecule has 3 nitrogen and oxygen atoms in total. The molecule has 0 bridgehead atoms. The maximum atomic E-state index is 11.2.